The zero-order valence-corrected chi connectivity index (χ0v) is 14.4. The smallest absolute Gasteiger partial charge is 0.251 e. The second-order valence-corrected chi connectivity index (χ2v) is 6.37. The maximum Gasteiger partial charge on any atom is 0.251 e. The molecule has 2 aromatic carbocycles. The summed E-state index contributed by atoms with van der Waals surface area (Å²) in [7, 11) is 0. The van der Waals surface area contributed by atoms with E-state index in [-0.39, 0.29) is 12.2 Å². The van der Waals surface area contributed by atoms with E-state index in [0.717, 1.165) is 6.07 Å². The van der Waals surface area contributed by atoms with Crippen LogP contribution in [-0.2, 0) is 4.74 Å². The van der Waals surface area contributed by atoms with E-state index in [1.165, 1.54) is 12.1 Å². The Kier molecular flexibility index (Phi) is 5.81. The number of aliphatic hydroxyl groups excluding tert-OH is 2. The van der Waals surface area contributed by atoms with Crippen molar-refractivity contribution in [2.75, 3.05) is 13.2 Å². The Balaban J connectivity index is 1.83. The minimum atomic E-state index is -1.05. The van der Waals surface area contributed by atoms with Gasteiger partial charge in [-0.3, -0.25) is 4.79 Å². The summed E-state index contributed by atoms with van der Waals surface area (Å²) in [5, 5.41) is 31.1. The molecule has 1 fully saturated rings. The topological polar surface area (TPSA) is 103 Å². The van der Waals surface area contributed by atoms with Crippen LogP contribution in [0.1, 0.15) is 22.3 Å². The normalized spacial score (nSPS) is 22.1. The Morgan fingerprint density at radius 1 is 1.30 bits per heavy atom. The Labute approximate surface area is 155 Å². The number of nitrogens with zero attached hydrogens (tertiary/aromatic N) is 1. The van der Waals surface area contributed by atoms with Crippen molar-refractivity contribution in [1.29, 1.82) is 5.26 Å². The molecule has 2 aromatic rings. The van der Waals surface area contributed by atoms with Crippen LogP contribution in [0.15, 0.2) is 42.5 Å². The SMILES string of the molecule is N#Cc1cccc(-c2cc(F)cc(C(=O)N[C@H]3CCO[C@H](CO)[C@H]3O)c2)c1. The molecule has 6 nitrogen and oxygen atoms in total. The quantitative estimate of drug-likeness (QED) is 0.759. The van der Waals surface area contributed by atoms with Crippen molar-refractivity contribution in [3.8, 4) is 17.2 Å². The third kappa shape index (κ3) is 4.31. The molecular formula is C20H19FN2O4. The molecule has 3 N–H and O–H groups in total. The van der Waals surface area contributed by atoms with Crippen LogP contribution >= 0.6 is 0 Å². The van der Waals surface area contributed by atoms with Gasteiger partial charge in [0.1, 0.15) is 18.0 Å². The van der Waals surface area contributed by atoms with Gasteiger partial charge in [0.2, 0.25) is 0 Å². The molecule has 3 rings (SSSR count). The van der Waals surface area contributed by atoms with Crippen molar-refractivity contribution in [3.63, 3.8) is 0 Å². The molecule has 3 atom stereocenters. The predicted molar refractivity (Wildman–Crippen MR) is 95.3 cm³/mol. The minimum absolute atomic E-state index is 0.103. The van der Waals surface area contributed by atoms with Crippen LogP contribution in [0.4, 0.5) is 4.39 Å². The van der Waals surface area contributed by atoms with Crippen molar-refractivity contribution >= 4 is 5.91 Å². The van der Waals surface area contributed by atoms with Crippen LogP contribution in [0.5, 0.6) is 0 Å². The standard InChI is InChI=1S/C20H19FN2O4/c21-16-8-14(13-3-1-2-12(6-13)10-22)7-15(9-16)20(26)23-17-4-5-27-18(11-24)19(17)25/h1-3,6-9,17-19,24-25H,4-5,11H2,(H,23,26)/t17-,18+,19-/m0/s1. The molecule has 1 heterocycles. The molecule has 0 saturated carbocycles. The van der Waals surface area contributed by atoms with Gasteiger partial charge in [-0.05, 0) is 47.9 Å². The highest BCUT2D eigenvalue weighted by Gasteiger charge is 2.33. The summed E-state index contributed by atoms with van der Waals surface area (Å²) < 4.78 is 19.3. The highest BCUT2D eigenvalue weighted by atomic mass is 19.1. The van der Waals surface area contributed by atoms with Crippen LogP contribution < -0.4 is 5.32 Å². The third-order valence-corrected chi connectivity index (χ3v) is 4.54. The first-order chi connectivity index (χ1) is 13.0. The molecule has 1 amide bonds. The average Bonchev–Trinajstić information content (AvgIpc) is 2.69. The molecule has 1 aliphatic rings. The maximum absolute atomic E-state index is 14.1. The summed E-state index contributed by atoms with van der Waals surface area (Å²) in [6, 6.07) is 12.0. The van der Waals surface area contributed by atoms with E-state index in [1.807, 2.05) is 6.07 Å². The molecule has 27 heavy (non-hydrogen) atoms. The number of nitrogens with one attached hydrogen (secondary N) is 1. The molecular weight excluding hydrogens is 351 g/mol. The highest BCUT2D eigenvalue weighted by Crippen LogP contribution is 2.23. The molecule has 0 spiro atoms. The third-order valence-electron chi connectivity index (χ3n) is 4.54. The monoisotopic (exact) mass is 370 g/mol. The lowest BCUT2D eigenvalue weighted by Crippen LogP contribution is -2.54. The van der Waals surface area contributed by atoms with Gasteiger partial charge in [0, 0.05) is 12.2 Å². The lowest BCUT2D eigenvalue weighted by molar-refractivity contribution is -0.107. The number of ether oxygens (including phenoxy) is 1. The van der Waals surface area contributed by atoms with Gasteiger partial charge in [0.05, 0.1) is 24.3 Å². The van der Waals surface area contributed by atoms with E-state index in [4.69, 9.17) is 10.00 Å². The fourth-order valence-corrected chi connectivity index (χ4v) is 3.10. The Bertz CT molecular complexity index is 881. The van der Waals surface area contributed by atoms with Crippen molar-refractivity contribution in [2.24, 2.45) is 0 Å². The number of carbonyl (C=O) groups is 1. The lowest BCUT2D eigenvalue weighted by Gasteiger charge is -2.34. The van der Waals surface area contributed by atoms with Gasteiger partial charge in [-0.2, -0.15) is 5.26 Å². The summed E-state index contributed by atoms with van der Waals surface area (Å²) in [6.07, 6.45) is -1.43. The molecule has 0 unspecified atom stereocenters. The first-order valence-electron chi connectivity index (χ1n) is 8.54. The van der Waals surface area contributed by atoms with Gasteiger partial charge < -0.3 is 20.3 Å². The molecule has 0 bridgehead atoms. The maximum atomic E-state index is 14.1. The zero-order chi connectivity index (χ0) is 19.4. The van der Waals surface area contributed by atoms with E-state index >= 15 is 0 Å². The van der Waals surface area contributed by atoms with E-state index in [1.54, 1.807) is 24.3 Å². The molecule has 0 radical (unpaired) electrons. The summed E-state index contributed by atoms with van der Waals surface area (Å²) in [6.45, 7) is -0.0600. The number of halogens is 1. The van der Waals surface area contributed by atoms with Crippen molar-refractivity contribution in [1.82, 2.24) is 5.32 Å². The van der Waals surface area contributed by atoms with Crippen LogP contribution in [0, 0.1) is 17.1 Å². The number of hydrogen-bond donors (Lipinski definition) is 3. The fourth-order valence-electron chi connectivity index (χ4n) is 3.10. The van der Waals surface area contributed by atoms with E-state index in [9.17, 15) is 19.4 Å². The van der Waals surface area contributed by atoms with Gasteiger partial charge in [0.15, 0.2) is 0 Å². The lowest BCUT2D eigenvalue weighted by atomic mass is 9.98. The number of aliphatic hydroxyl groups is 2. The van der Waals surface area contributed by atoms with E-state index in [2.05, 4.69) is 5.32 Å². The zero-order valence-electron chi connectivity index (χ0n) is 14.4. The molecule has 140 valence electrons. The molecule has 7 heteroatoms. The van der Waals surface area contributed by atoms with E-state index < -0.39 is 30.0 Å². The van der Waals surface area contributed by atoms with Gasteiger partial charge in [-0.1, -0.05) is 12.1 Å². The van der Waals surface area contributed by atoms with Crippen LogP contribution in [0.3, 0.4) is 0 Å². The molecule has 1 saturated heterocycles. The van der Waals surface area contributed by atoms with Gasteiger partial charge >= 0.3 is 0 Å². The molecule has 0 aromatic heterocycles. The summed E-state index contributed by atoms with van der Waals surface area (Å²) in [4.78, 5) is 12.6. The summed E-state index contributed by atoms with van der Waals surface area (Å²) in [5.74, 6) is -1.12. The molecule has 1 aliphatic heterocycles. The van der Waals surface area contributed by atoms with Crippen LogP contribution in [0.2, 0.25) is 0 Å². The van der Waals surface area contributed by atoms with Crippen molar-refractivity contribution in [3.05, 3.63) is 59.4 Å². The number of nitriles is 1. The number of carbonyl (C=O) groups excluding carboxylic acids is 1. The van der Waals surface area contributed by atoms with Crippen LogP contribution in [0.25, 0.3) is 11.1 Å². The number of hydrogen-bond acceptors (Lipinski definition) is 5. The number of amides is 1. The second-order valence-electron chi connectivity index (χ2n) is 6.37. The Morgan fingerprint density at radius 3 is 2.85 bits per heavy atom. The van der Waals surface area contributed by atoms with Crippen molar-refractivity contribution < 1.29 is 24.1 Å². The fraction of sp³-hybridized carbons (Fsp3) is 0.300. The Morgan fingerprint density at radius 2 is 2.11 bits per heavy atom. The number of benzene rings is 2. The summed E-state index contributed by atoms with van der Waals surface area (Å²) in [5.41, 5.74) is 1.63. The highest BCUT2D eigenvalue weighted by molar-refractivity contribution is 5.95. The van der Waals surface area contributed by atoms with Crippen LogP contribution in [-0.4, -0.2) is 47.6 Å². The van der Waals surface area contributed by atoms with Crippen molar-refractivity contribution in [2.45, 2.75) is 24.7 Å². The minimum Gasteiger partial charge on any atom is -0.394 e. The first-order valence-corrected chi connectivity index (χ1v) is 8.54. The largest absolute Gasteiger partial charge is 0.394 e. The first kappa shape index (κ1) is 19.0. The van der Waals surface area contributed by atoms with E-state index in [0.29, 0.717) is 29.7 Å². The predicted octanol–water partition coefficient (Wildman–Crippen LogP) is 1.60. The number of rotatable bonds is 4. The summed E-state index contributed by atoms with van der Waals surface area (Å²) >= 11 is 0. The van der Waals surface area contributed by atoms with Gasteiger partial charge in [-0.25, -0.2) is 4.39 Å². The van der Waals surface area contributed by atoms with Gasteiger partial charge in [0.25, 0.3) is 5.91 Å². The Hall–Kier alpha value is -2.79. The second kappa shape index (κ2) is 8.27. The van der Waals surface area contributed by atoms with Gasteiger partial charge in [-0.15, -0.1) is 0 Å². The molecule has 0 aliphatic carbocycles. The average molecular weight is 370 g/mol.